The summed E-state index contributed by atoms with van der Waals surface area (Å²) in [6, 6.07) is 13.4. The predicted octanol–water partition coefficient (Wildman–Crippen LogP) is 5.05. The van der Waals surface area contributed by atoms with Crippen LogP contribution in [0.5, 0.6) is 17.2 Å². The van der Waals surface area contributed by atoms with Crippen LogP contribution in [0.3, 0.4) is 0 Å². The van der Waals surface area contributed by atoms with Crippen molar-refractivity contribution < 1.29 is 9.47 Å². The zero-order valence-electron chi connectivity index (χ0n) is 12.3. The second-order valence-electron chi connectivity index (χ2n) is 4.89. The van der Waals surface area contributed by atoms with Gasteiger partial charge in [-0.05, 0) is 55.3 Å². The number of benzene rings is 2. The van der Waals surface area contributed by atoms with Gasteiger partial charge in [0.2, 0.25) is 0 Å². The second kappa shape index (κ2) is 7.48. The number of hydrogen-bond donors (Lipinski definition) is 1. The highest BCUT2D eigenvalue weighted by molar-refractivity contribution is 9.10. The average Bonchev–Trinajstić information content (AvgIpc) is 2.46. The van der Waals surface area contributed by atoms with Crippen molar-refractivity contribution in [2.24, 2.45) is 5.73 Å². The van der Waals surface area contributed by atoms with Crippen molar-refractivity contribution in [1.82, 2.24) is 0 Å². The number of rotatable bonds is 6. The lowest BCUT2D eigenvalue weighted by Gasteiger charge is -2.11. The Morgan fingerprint density at radius 1 is 1.05 bits per heavy atom. The zero-order chi connectivity index (χ0) is 15.2. The average molecular weight is 350 g/mol. The maximum Gasteiger partial charge on any atom is 0.128 e. The molecule has 2 rings (SSSR count). The third-order valence-corrected chi connectivity index (χ3v) is 3.68. The van der Waals surface area contributed by atoms with Gasteiger partial charge in [0.15, 0.2) is 0 Å². The molecule has 0 unspecified atom stereocenters. The van der Waals surface area contributed by atoms with E-state index in [1.54, 1.807) is 0 Å². The molecule has 112 valence electrons. The van der Waals surface area contributed by atoms with E-state index in [0.29, 0.717) is 0 Å². The van der Waals surface area contributed by atoms with E-state index in [-0.39, 0.29) is 6.04 Å². The fraction of sp³-hybridized carbons (Fsp3) is 0.294. The number of nitrogens with two attached hydrogens (primary N) is 1. The molecule has 2 N–H and O–H groups in total. The van der Waals surface area contributed by atoms with E-state index in [9.17, 15) is 0 Å². The van der Waals surface area contributed by atoms with Crippen molar-refractivity contribution >= 4 is 15.9 Å². The molecule has 21 heavy (non-hydrogen) atoms. The first-order valence-electron chi connectivity index (χ1n) is 7.06. The topological polar surface area (TPSA) is 44.5 Å². The molecule has 0 amide bonds. The molecule has 0 aliphatic carbocycles. The van der Waals surface area contributed by atoms with Crippen molar-refractivity contribution in [3.8, 4) is 17.2 Å². The molecule has 0 fully saturated rings. The summed E-state index contributed by atoms with van der Waals surface area (Å²) in [7, 11) is 0. The van der Waals surface area contributed by atoms with Crippen molar-refractivity contribution in [1.29, 1.82) is 0 Å². The first-order valence-corrected chi connectivity index (χ1v) is 7.85. The minimum absolute atomic E-state index is 0.0107. The first-order chi connectivity index (χ1) is 10.1. The highest BCUT2D eigenvalue weighted by atomic mass is 79.9. The van der Waals surface area contributed by atoms with Gasteiger partial charge in [0.1, 0.15) is 17.2 Å². The fourth-order valence-electron chi connectivity index (χ4n) is 1.90. The third kappa shape index (κ3) is 4.48. The van der Waals surface area contributed by atoms with E-state index in [2.05, 4.69) is 22.9 Å². The van der Waals surface area contributed by atoms with Gasteiger partial charge in [-0.2, -0.15) is 0 Å². The summed E-state index contributed by atoms with van der Waals surface area (Å²) in [5.74, 6) is 2.41. The summed E-state index contributed by atoms with van der Waals surface area (Å²) in [5, 5.41) is 0. The van der Waals surface area contributed by atoms with Gasteiger partial charge in [-0.15, -0.1) is 0 Å². The van der Waals surface area contributed by atoms with Crippen molar-refractivity contribution in [2.75, 3.05) is 6.61 Å². The number of ether oxygens (including phenoxy) is 2. The zero-order valence-corrected chi connectivity index (χ0v) is 13.9. The Kier molecular flexibility index (Phi) is 5.65. The molecular weight excluding hydrogens is 330 g/mol. The molecule has 0 spiro atoms. The lowest BCUT2D eigenvalue weighted by Crippen LogP contribution is -2.05. The van der Waals surface area contributed by atoms with Crippen LogP contribution in [0, 0.1) is 0 Å². The molecule has 2 aromatic carbocycles. The van der Waals surface area contributed by atoms with E-state index in [4.69, 9.17) is 15.2 Å². The minimum atomic E-state index is -0.0107. The molecule has 4 heteroatoms. The molecular formula is C17H20BrNO2. The van der Waals surface area contributed by atoms with Gasteiger partial charge in [-0.25, -0.2) is 0 Å². The fourth-order valence-corrected chi connectivity index (χ4v) is 2.62. The molecule has 0 heterocycles. The Balaban J connectivity index is 2.06. The summed E-state index contributed by atoms with van der Waals surface area (Å²) in [6.45, 7) is 4.77. The van der Waals surface area contributed by atoms with E-state index >= 15 is 0 Å². The maximum absolute atomic E-state index is 5.89. The lowest BCUT2D eigenvalue weighted by atomic mass is 10.1. The van der Waals surface area contributed by atoms with Gasteiger partial charge in [0.25, 0.3) is 0 Å². The summed E-state index contributed by atoms with van der Waals surface area (Å²) in [5.41, 5.74) is 6.95. The van der Waals surface area contributed by atoms with Gasteiger partial charge < -0.3 is 15.2 Å². The van der Waals surface area contributed by atoms with Gasteiger partial charge in [-0.3, -0.25) is 0 Å². The van der Waals surface area contributed by atoms with E-state index in [1.165, 1.54) is 0 Å². The molecule has 2 aromatic rings. The highest BCUT2D eigenvalue weighted by Gasteiger charge is 2.07. The van der Waals surface area contributed by atoms with Gasteiger partial charge in [0, 0.05) is 10.5 Å². The van der Waals surface area contributed by atoms with Gasteiger partial charge in [-0.1, -0.05) is 28.9 Å². The van der Waals surface area contributed by atoms with Gasteiger partial charge in [0.05, 0.1) is 6.61 Å². The van der Waals surface area contributed by atoms with E-state index < -0.39 is 0 Å². The quantitative estimate of drug-likeness (QED) is 0.793. The lowest BCUT2D eigenvalue weighted by molar-refractivity contribution is 0.317. The molecule has 0 bridgehead atoms. The molecule has 0 saturated carbocycles. The standard InChI is InChI=1S/C17H20BrNO2/c1-3-10-20-13-4-6-14(7-5-13)21-15-8-9-16(12(2)19)17(18)11-15/h4-9,11-12H,3,10,19H2,1-2H3/t12-/m1/s1. The van der Waals surface area contributed by atoms with Crippen LogP contribution >= 0.6 is 15.9 Å². The minimum Gasteiger partial charge on any atom is -0.494 e. The molecule has 0 aliphatic rings. The molecule has 0 radical (unpaired) electrons. The van der Waals surface area contributed by atoms with Crippen molar-refractivity contribution in [2.45, 2.75) is 26.3 Å². The summed E-state index contributed by atoms with van der Waals surface area (Å²) < 4.78 is 12.3. The number of hydrogen-bond acceptors (Lipinski definition) is 3. The van der Waals surface area contributed by atoms with Crippen LogP contribution in [-0.4, -0.2) is 6.61 Å². The Labute approximate surface area is 134 Å². The second-order valence-corrected chi connectivity index (χ2v) is 5.75. The van der Waals surface area contributed by atoms with Crippen LogP contribution in [0.2, 0.25) is 0 Å². The van der Waals surface area contributed by atoms with Gasteiger partial charge >= 0.3 is 0 Å². The Morgan fingerprint density at radius 2 is 1.67 bits per heavy atom. The van der Waals surface area contributed by atoms with Crippen LogP contribution in [0.25, 0.3) is 0 Å². The van der Waals surface area contributed by atoms with Crippen LogP contribution in [0.4, 0.5) is 0 Å². The molecule has 0 aromatic heterocycles. The Hall–Kier alpha value is -1.52. The Bertz CT molecular complexity index is 582. The number of halogens is 1. The van der Waals surface area contributed by atoms with Crippen molar-refractivity contribution in [3.63, 3.8) is 0 Å². The predicted molar refractivity (Wildman–Crippen MR) is 89.0 cm³/mol. The summed E-state index contributed by atoms with van der Waals surface area (Å²) in [4.78, 5) is 0. The van der Waals surface area contributed by atoms with Crippen LogP contribution < -0.4 is 15.2 Å². The molecule has 0 saturated heterocycles. The summed E-state index contributed by atoms with van der Waals surface area (Å²) in [6.07, 6.45) is 0.998. The normalized spacial score (nSPS) is 12.0. The van der Waals surface area contributed by atoms with Crippen LogP contribution in [0.15, 0.2) is 46.9 Å². The first kappa shape index (κ1) is 15.9. The maximum atomic E-state index is 5.89. The molecule has 3 nitrogen and oxygen atoms in total. The smallest absolute Gasteiger partial charge is 0.128 e. The van der Waals surface area contributed by atoms with E-state index in [1.807, 2.05) is 49.4 Å². The van der Waals surface area contributed by atoms with E-state index in [0.717, 1.165) is 40.3 Å². The third-order valence-electron chi connectivity index (χ3n) is 2.99. The largest absolute Gasteiger partial charge is 0.494 e. The van der Waals surface area contributed by atoms with Crippen molar-refractivity contribution in [3.05, 3.63) is 52.5 Å². The SMILES string of the molecule is CCCOc1ccc(Oc2ccc([C@@H](C)N)c(Br)c2)cc1. The Morgan fingerprint density at radius 3 is 2.24 bits per heavy atom. The molecule has 0 aliphatic heterocycles. The van der Waals surface area contributed by atoms with Crippen LogP contribution in [-0.2, 0) is 0 Å². The summed E-state index contributed by atoms with van der Waals surface area (Å²) >= 11 is 3.52. The molecule has 1 atom stereocenters. The monoisotopic (exact) mass is 349 g/mol. The highest BCUT2D eigenvalue weighted by Crippen LogP contribution is 2.30. The van der Waals surface area contributed by atoms with Crippen LogP contribution in [0.1, 0.15) is 31.9 Å².